The molecule has 0 saturated heterocycles. The van der Waals surface area contributed by atoms with Crippen LogP contribution in [0.15, 0.2) is 42.5 Å². The molecule has 3 heteroatoms. The van der Waals surface area contributed by atoms with Gasteiger partial charge in [0.05, 0.1) is 7.11 Å². The Kier molecular flexibility index (Phi) is 3.63. The molecule has 1 unspecified atom stereocenters. The van der Waals surface area contributed by atoms with Crippen LogP contribution in [0.1, 0.15) is 18.5 Å². The zero-order chi connectivity index (χ0) is 13.1. The zero-order valence-corrected chi connectivity index (χ0v) is 10.5. The molecule has 94 valence electrons. The van der Waals surface area contributed by atoms with Gasteiger partial charge in [-0.3, -0.25) is 0 Å². The quantitative estimate of drug-likeness (QED) is 0.898. The van der Waals surface area contributed by atoms with E-state index in [9.17, 15) is 4.39 Å². The summed E-state index contributed by atoms with van der Waals surface area (Å²) >= 11 is 0. The lowest BCUT2D eigenvalue weighted by Crippen LogP contribution is -2.04. The van der Waals surface area contributed by atoms with E-state index in [-0.39, 0.29) is 17.6 Å². The molecule has 2 aromatic carbocycles. The Hall–Kier alpha value is -1.87. The molecule has 0 saturated carbocycles. The molecular formula is C15H16FNO. The second kappa shape index (κ2) is 5.19. The van der Waals surface area contributed by atoms with E-state index in [1.165, 1.54) is 13.2 Å². The zero-order valence-electron chi connectivity index (χ0n) is 10.5. The average Bonchev–Trinajstić information content (AvgIpc) is 2.38. The van der Waals surface area contributed by atoms with Gasteiger partial charge in [-0.2, -0.15) is 0 Å². The van der Waals surface area contributed by atoms with Crippen molar-refractivity contribution in [2.75, 3.05) is 7.11 Å². The molecule has 0 aliphatic carbocycles. The number of rotatable bonds is 3. The van der Waals surface area contributed by atoms with E-state index < -0.39 is 0 Å². The number of hydrogen-bond acceptors (Lipinski definition) is 2. The average molecular weight is 245 g/mol. The lowest BCUT2D eigenvalue weighted by Gasteiger charge is -2.11. The maximum atomic E-state index is 13.6. The summed E-state index contributed by atoms with van der Waals surface area (Å²) in [5, 5.41) is 0. The topological polar surface area (TPSA) is 35.2 Å². The Labute approximate surface area is 106 Å². The number of halogens is 1. The third-order valence-electron chi connectivity index (χ3n) is 2.92. The van der Waals surface area contributed by atoms with Crippen LogP contribution >= 0.6 is 0 Å². The van der Waals surface area contributed by atoms with E-state index in [1.807, 2.05) is 37.3 Å². The molecule has 0 aliphatic heterocycles. The lowest BCUT2D eigenvalue weighted by atomic mass is 10.0. The summed E-state index contributed by atoms with van der Waals surface area (Å²) in [4.78, 5) is 0. The van der Waals surface area contributed by atoms with Crippen LogP contribution in [0.4, 0.5) is 4.39 Å². The van der Waals surface area contributed by atoms with Crippen molar-refractivity contribution in [3.63, 3.8) is 0 Å². The molecule has 0 aliphatic rings. The molecule has 0 radical (unpaired) electrons. The molecule has 0 bridgehead atoms. The van der Waals surface area contributed by atoms with Gasteiger partial charge in [-0.15, -0.1) is 0 Å². The lowest BCUT2D eigenvalue weighted by molar-refractivity contribution is 0.388. The minimum absolute atomic E-state index is 0.00606. The van der Waals surface area contributed by atoms with Crippen molar-refractivity contribution in [1.82, 2.24) is 0 Å². The molecule has 0 fully saturated rings. The number of methoxy groups -OCH3 is 1. The number of nitrogens with two attached hydrogens (primary N) is 1. The van der Waals surface area contributed by atoms with Crippen molar-refractivity contribution in [3.05, 3.63) is 53.8 Å². The molecule has 0 spiro atoms. The van der Waals surface area contributed by atoms with Gasteiger partial charge >= 0.3 is 0 Å². The second-order valence-corrected chi connectivity index (χ2v) is 4.23. The predicted molar refractivity (Wildman–Crippen MR) is 71.0 cm³/mol. The fourth-order valence-electron chi connectivity index (χ4n) is 1.91. The van der Waals surface area contributed by atoms with Gasteiger partial charge in [-0.25, -0.2) is 4.39 Å². The first-order valence-electron chi connectivity index (χ1n) is 5.82. The van der Waals surface area contributed by atoms with Crippen molar-refractivity contribution in [3.8, 4) is 16.9 Å². The van der Waals surface area contributed by atoms with Crippen molar-refractivity contribution >= 4 is 0 Å². The third-order valence-corrected chi connectivity index (χ3v) is 2.92. The van der Waals surface area contributed by atoms with E-state index in [0.717, 1.165) is 16.7 Å². The van der Waals surface area contributed by atoms with Crippen LogP contribution in [0.25, 0.3) is 11.1 Å². The van der Waals surface area contributed by atoms with E-state index in [2.05, 4.69) is 0 Å². The minimum Gasteiger partial charge on any atom is -0.493 e. The summed E-state index contributed by atoms with van der Waals surface area (Å²) in [6.07, 6.45) is 0. The molecule has 0 aromatic heterocycles. The molecule has 0 heterocycles. The van der Waals surface area contributed by atoms with Crippen LogP contribution < -0.4 is 10.5 Å². The summed E-state index contributed by atoms with van der Waals surface area (Å²) in [6, 6.07) is 12.6. The van der Waals surface area contributed by atoms with Gasteiger partial charge in [-0.05, 0) is 24.1 Å². The SMILES string of the molecule is COc1c(F)cccc1-c1ccc(C(C)N)cc1. The number of hydrogen-bond donors (Lipinski definition) is 1. The van der Waals surface area contributed by atoms with Crippen LogP contribution in [0.5, 0.6) is 5.75 Å². The summed E-state index contributed by atoms with van der Waals surface area (Å²) in [5.41, 5.74) is 8.50. The maximum absolute atomic E-state index is 13.6. The predicted octanol–water partition coefficient (Wildman–Crippen LogP) is 3.52. The van der Waals surface area contributed by atoms with Gasteiger partial charge in [0.15, 0.2) is 11.6 Å². The summed E-state index contributed by atoms with van der Waals surface area (Å²) < 4.78 is 18.7. The normalized spacial score (nSPS) is 12.2. The Bertz CT molecular complexity index is 535. The Balaban J connectivity index is 2.46. The van der Waals surface area contributed by atoms with Gasteiger partial charge in [0.1, 0.15) is 0 Å². The van der Waals surface area contributed by atoms with Crippen molar-refractivity contribution in [2.45, 2.75) is 13.0 Å². The summed E-state index contributed by atoms with van der Waals surface area (Å²) in [6.45, 7) is 1.93. The highest BCUT2D eigenvalue weighted by Crippen LogP contribution is 2.32. The largest absolute Gasteiger partial charge is 0.493 e. The standard InChI is InChI=1S/C15H16FNO/c1-10(17)11-6-8-12(9-7-11)13-4-3-5-14(16)15(13)18-2/h3-10H,17H2,1-2H3. The Morgan fingerprint density at radius 2 is 1.78 bits per heavy atom. The second-order valence-electron chi connectivity index (χ2n) is 4.23. The highest BCUT2D eigenvalue weighted by atomic mass is 19.1. The highest BCUT2D eigenvalue weighted by Gasteiger charge is 2.10. The minimum atomic E-state index is -0.355. The molecule has 18 heavy (non-hydrogen) atoms. The molecule has 0 amide bonds. The summed E-state index contributed by atoms with van der Waals surface area (Å²) in [7, 11) is 1.47. The molecular weight excluding hydrogens is 229 g/mol. The van der Waals surface area contributed by atoms with Gasteiger partial charge < -0.3 is 10.5 Å². The van der Waals surface area contributed by atoms with Crippen molar-refractivity contribution < 1.29 is 9.13 Å². The van der Waals surface area contributed by atoms with E-state index >= 15 is 0 Å². The number of ether oxygens (including phenoxy) is 1. The van der Waals surface area contributed by atoms with Crippen LogP contribution in [0, 0.1) is 5.82 Å². The smallest absolute Gasteiger partial charge is 0.165 e. The number of benzene rings is 2. The van der Waals surface area contributed by atoms with E-state index in [4.69, 9.17) is 10.5 Å². The van der Waals surface area contributed by atoms with E-state index in [0.29, 0.717) is 0 Å². The number of para-hydroxylation sites is 1. The summed E-state index contributed by atoms with van der Waals surface area (Å²) in [5.74, 6) is -0.0858. The first-order chi connectivity index (χ1) is 8.63. The molecule has 2 nitrogen and oxygen atoms in total. The van der Waals surface area contributed by atoms with Gasteiger partial charge in [0.25, 0.3) is 0 Å². The van der Waals surface area contributed by atoms with Crippen LogP contribution in [0.3, 0.4) is 0 Å². The monoisotopic (exact) mass is 245 g/mol. The van der Waals surface area contributed by atoms with Gasteiger partial charge in [0, 0.05) is 11.6 Å². The Morgan fingerprint density at radius 1 is 1.11 bits per heavy atom. The molecule has 1 atom stereocenters. The molecule has 2 aromatic rings. The molecule has 2 N–H and O–H groups in total. The fraction of sp³-hybridized carbons (Fsp3) is 0.200. The first kappa shape index (κ1) is 12.6. The van der Waals surface area contributed by atoms with Gasteiger partial charge in [-0.1, -0.05) is 36.4 Å². The third kappa shape index (κ3) is 2.36. The fourth-order valence-corrected chi connectivity index (χ4v) is 1.91. The maximum Gasteiger partial charge on any atom is 0.165 e. The Morgan fingerprint density at radius 3 is 2.33 bits per heavy atom. The highest BCUT2D eigenvalue weighted by molar-refractivity contribution is 5.70. The first-order valence-corrected chi connectivity index (χ1v) is 5.82. The van der Waals surface area contributed by atoms with Crippen molar-refractivity contribution in [2.24, 2.45) is 5.73 Å². The van der Waals surface area contributed by atoms with Crippen LogP contribution in [0.2, 0.25) is 0 Å². The van der Waals surface area contributed by atoms with Crippen LogP contribution in [-0.4, -0.2) is 7.11 Å². The van der Waals surface area contributed by atoms with Crippen LogP contribution in [-0.2, 0) is 0 Å². The van der Waals surface area contributed by atoms with Gasteiger partial charge in [0.2, 0.25) is 0 Å². The van der Waals surface area contributed by atoms with Crippen molar-refractivity contribution in [1.29, 1.82) is 0 Å². The van der Waals surface area contributed by atoms with E-state index in [1.54, 1.807) is 6.07 Å². The molecule has 2 rings (SSSR count).